The summed E-state index contributed by atoms with van der Waals surface area (Å²) in [5, 5.41) is 0. The van der Waals surface area contributed by atoms with Gasteiger partial charge in [-0.05, 0) is 25.9 Å². The molecular weight excluding hydrogens is 207 g/mol. The molecule has 0 radical (unpaired) electrons. The molecule has 2 rings (SSSR count). The third-order valence-corrected chi connectivity index (χ3v) is 3.03. The summed E-state index contributed by atoms with van der Waals surface area (Å²) in [4.78, 5) is 11.8. The smallest absolute Gasteiger partial charge is 0.218 e. The molecule has 1 fully saturated rings. The maximum atomic E-state index is 12.9. The molecule has 16 heavy (non-hydrogen) atoms. The van der Waals surface area contributed by atoms with Crippen LogP contribution in [0.5, 0.6) is 0 Å². The molecule has 0 saturated carbocycles. The molecule has 0 aliphatic carbocycles. The van der Waals surface area contributed by atoms with Gasteiger partial charge in [0.05, 0.1) is 0 Å². The van der Waals surface area contributed by atoms with Gasteiger partial charge in [0.1, 0.15) is 12.1 Å². The highest BCUT2D eigenvalue weighted by Gasteiger charge is 2.21. The van der Waals surface area contributed by atoms with Gasteiger partial charge in [0, 0.05) is 26.2 Å². The Balaban J connectivity index is 1.95. The number of likely N-dealkylation sites (tertiary alicyclic amines) is 1. The maximum Gasteiger partial charge on any atom is 0.218 e. The van der Waals surface area contributed by atoms with E-state index in [2.05, 4.69) is 21.9 Å². The van der Waals surface area contributed by atoms with Gasteiger partial charge in [-0.1, -0.05) is 0 Å². The van der Waals surface area contributed by atoms with E-state index in [1.165, 1.54) is 18.8 Å². The van der Waals surface area contributed by atoms with Crippen molar-refractivity contribution >= 4 is 5.82 Å². The molecule has 0 amide bonds. The monoisotopic (exact) mass is 224 g/mol. The van der Waals surface area contributed by atoms with Gasteiger partial charge in [-0.25, -0.2) is 9.97 Å². The minimum Gasteiger partial charge on any atom is -0.359 e. The molecule has 5 heteroatoms. The number of anilines is 1. The molecule has 0 spiro atoms. The molecule has 1 unspecified atom stereocenters. The van der Waals surface area contributed by atoms with Crippen molar-refractivity contribution in [2.75, 3.05) is 38.6 Å². The molecule has 2 heterocycles. The summed E-state index contributed by atoms with van der Waals surface area (Å²) in [6.45, 7) is 3.18. The first-order chi connectivity index (χ1) is 7.65. The number of rotatable bonds is 3. The van der Waals surface area contributed by atoms with Gasteiger partial charge < -0.3 is 9.80 Å². The number of nitrogens with zero attached hydrogens (tertiary/aromatic N) is 4. The first-order valence-corrected chi connectivity index (χ1v) is 5.52. The van der Waals surface area contributed by atoms with Crippen LogP contribution in [0.2, 0.25) is 0 Å². The lowest BCUT2D eigenvalue weighted by Crippen LogP contribution is -2.27. The van der Waals surface area contributed by atoms with E-state index in [9.17, 15) is 4.39 Å². The average molecular weight is 224 g/mol. The van der Waals surface area contributed by atoms with Gasteiger partial charge in [0.2, 0.25) is 5.95 Å². The minimum absolute atomic E-state index is 0.472. The van der Waals surface area contributed by atoms with Crippen molar-refractivity contribution in [1.82, 2.24) is 14.9 Å². The third-order valence-electron chi connectivity index (χ3n) is 3.03. The molecule has 4 nitrogen and oxygen atoms in total. The van der Waals surface area contributed by atoms with Crippen LogP contribution in [0.4, 0.5) is 10.2 Å². The molecule has 0 bridgehead atoms. The van der Waals surface area contributed by atoms with Crippen LogP contribution in [-0.4, -0.2) is 48.6 Å². The molecule has 1 aromatic rings. The van der Waals surface area contributed by atoms with Crippen molar-refractivity contribution < 1.29 is 4.39 Å². The Labute approximate surface area is 95.1 Å². The normalized spacial score (nSPS) is 21.3. The summed E-state index contributed by atoms with van der Waals surface area (Å²) in [5.74, 6) is 0.829. The summed E-state index contributed by atoms with van der Waals surface area (Å²) in [5.41, 5.74) is 0. The molecule has 1 saturated heterocycles. The molecule has 1 aliphatic heterocycles. The van der Waals surface area contributed by atoms with Crippen molar-refractivity contribution in [2.24, 2.45) is 5.92 Å². The van der Waals surface area contributed by atoms with Crippen molar-refractivity contribution in [2.45, 2.75) is 6.42 Å². The Morgan fingerprint density at radius 2 is 2.38 bits per heavy atom. The maximum absolute atomic E-state index is 12.9. The van der Waals surface area contributed by atoms with Crippen LogP contribution in [0, 0.1) is 11.9 Å². The van der Waals surface area contributed by atoms with Crippen molar-refractivity contribution in [3.8, 4) is 0 Å². The standard InChI is InChI=1S/C11H17FN4/c1-15-4-3-9(6-15)7-16(2)11-5-10(12)13-8-14-11/h5,8-9H,3-4,6-7H2,1-2H3. The molecular formula is C11H17FN4. The molecule has 0 aromatic carbocycles. The Morgan fingerprint density at radius 3 is 3.00 bits per heavy atom. The Hall–Kier alpha value is -1.23. The van der Waals surface area contributed by atoms with E-state index < -0.39 is 5.95 Å². The van der Waals surface area contributed by atoms with E-state index in [4.69, 9.17) is 0 Å². The van der Waals surface area contributed by atoms with Gasteiger partial charge in [-0.15, -0.1) is 0 Å². The quantitative estimate of drug-likeness (QED) is 0.717. The van der Waals surface area contributed by atoms with Crippen LogP contribution >= 0.6 is 0 Å². The molecule has 0 N–H and O–H groups in total. The Bertz CT molecular complexity index is 358. The minimum atomic E-state index is -0.472. The summed E-state index contributed by atoms with van der Waals surface area (Å²) < 4.78 is 12.9. The van der Waals surface area contributed by atoms with E-state index in [-0.39, 0.29) is 0 Å². The second kappa shape index (κ2) is 4.74. The fourth-order valence-corrected chi connectivity index (χ4v) is 2.19. The molecule has 1 aromatic heterocycles. The van der Waals surface area contributed by atoms with Gasteiger partial charge in [-0.3, -0.25) is 0 Å². The van der Waals surface area contributed by atoms with Gasteiger partial charge in [0.15, 0.2) is 0 Å². The highest BCUT2D eigenvalue weighted by atomic mass is 19.1. The summed E-state index contributed by atoms with van der Waals surface area (Å²) in [7, 11) is 4.07. The highest BCUT2D eigenvalue weighted by Crippen LogP contribution is 2.17. The largest absolute Gasteiger partial charge is 0.359 e. The van der Waals surface area contributed by atoms with Crippen LogP contribution in [0.15, 0.2) is 12.4 Å². The Kier molecular flexibility index (Phi) is 3.33. The van der Waals surface area contributed by atoms with E-state index in [1.807, 2.05) is 11.9 Å². The predicted octanol–water partition coefficient (Wildman–Crippen LogP) is 1.00. The highest BCUT2D eigenvalue weighted by molar-refractivity contribution is 5.35. The summed E-state index contributed by atoms with van der Waals surface area (Å²) in [6, 6.07) is 1.37. The van der Waals surface area contributed by atoms with Gasteiger partial charge >= 0.3 is 0 Å². The zero-order chi connectivity index (χ0) is 11.5. The Morgan fingerprint density at radius 1 is 1.56 bits per heavy atom. The molecule has 1 atom stereocenters. The van der Waals surface area contributed by atoms with Crippen LogP contribution < -0.4 is 4.90 Å². The fraction of sp³-hybridized carbons (Fsp3) is 0.636. The molecule has 1 aliphatic rings. The number of aromatic nitrogens is 2. The van der Waals surface area contributed by atoms with Gasteiger partial charge in [0.25, 0.3) is 0 Å². The van der Waals surface area contributed by atoms with Crippen LogP contribution in [0.1, 0.15) is 6.42 Å². The fourth-order valence-electron chi connectivity index (χ4n) is 2.19. The average Bonchev–Trinajstić information content (AvgIpc) is 2.64. The van der Waals surface area contributed by atoms with Crippen molar-refractivity contribution in [1.29, 1.82) is 0 Å². The lowest BCUT2D eigenvalue weighted by molar-refractivity contribution is 0.395. The van der Waals surface area contributed by atoms with Crippen LogP contribution in [0.3, 0.4) is 0 Å². The van der Waals surface area contributed by atoms with E-state index >= 15 is 0 Å². The first kappa shape index (κ1) is 11.3. The number of hydrogen-bond acceptors (Lipinski definition) is 4. The zero-order valence-corrected chi connectivity index (χ0v) is 9.73. The lowest BCUT2D eigenvalue weighted by Gasteiger charge is -2.21. The lowest BCUT2D eigenvalue weighted by atomic mass is 10.1. The number of halogens is 1. The van der Waals surface area contributed by atoms with Crippen LogP contribution in [-0.2, 0) is 0 Å². The van der Waals surface area contributed by atoms with E-state index in [0.717, 1.165) is 19.6 Å². The van der Waals surface area contributed by atoms with Crippen molar-refractivity contribution in [3.05, 3.63) is 18.3 Å². The molecule has 88 valence electrons. The second-order valence-electron chi connectivity index (χ2n) is 4.50. The second-order valence-corrected chi connectivity index (χ2v) is 4.50. The number of hydrogen-bond donors (Lipinski definition) is 0. The first-order valence-electron chi connectivity index (χ1n) is 5.52. The topological polar surface area (TPSA) is 32.3 Å². The third kappa shape index (κ3) is 2.66. The summed E-state index contributed by atoms with van der Waals surface area (Å²) >= 11 is 0. The van der Waals surface area contributed by atoms with E-state index in [0.29, 0.717) is 11.7 Å². The summed E-state index contributed by atoms with van der Waals surface area (Å²) in [6.07, 6.45) is 2.47. The van der Waals surface area contributed by atoms with Crippen LogP contribution in [0.25, 0.3) is 0 Å². The zero-order valence-electron chi connectivity index (χ0n) is 9.73. The van der Waals surface area contributed by atoms with Crippen molar-refractivity contribution in [3.63, 3.8) is 0 Å². The SMILES string of the molecule is CN1CCC(CN(C)c2cc(F)ncn2)C1. The predicted molar refractivity (Wildman–Crippen MR) is 60.9 cm³/mol. The van der Waals surface area contributed by atoms with E-state index in [1.54, 1.807) is 0 Å². The van der Waals surface area contributed by atoms with Gasteiger partial charge in [-0.2, -0.15) is 4.39 Å².